The van der Waals surface area contributed by atoms with Gasteiger partial charge in [0.05, 0.1) is 0 Å². The molecule has 2 aromatic carbocycles. The zero-order chi connectivity index (χ0) is 21.8. The summed E-state index contributed by atoms with van der Waals surface area (Å²) in [6.07, 6.45) is 11.4. The van der Waals surface area contributed by atoms with Gasteiger partial charge < -0.3 is 0 Å². The van der Waals surface area contributed by atoms with Crippen LogP contribution >= 0.6 is 0 Å². The Morgan fingerprint density at radius 3 is 2.10 bits per heavy atom. The third-order valence-corrected chi connectivity index (χ3v) is 6.13. The minimum atomic E-state index is -0.917. The van der Waals surface area contributed by atoms with Gasteiger partial charge in [-0.2, -0.15) is 5.26 Å². The Kier molecular flexibility index (Phi) is 6.18. The van der Waals surface area contributed by atoms with Gasteiger partial charge in [-0.25, -0.2) is 18.7 Å². The van der Waals surface area contributed by atoms with Crippen molar-refractivity contribution >= 4 is 0 Å². The van der Waals surface area contributed by atoms with Gasteiger partial charge in [-0.3, -0.25) is 0 Å². The van der Waals surface area contributed by atoms with E-state index in [1.54, 1.807) is 12.4 Å². The zero-order valence-corrected chi connectivity index (χ0v) is 17.2. The maximum atomic E-state index is 13.9. The summed E-state index contributed by atoms with van der Waals surface area (Å²) >= 11 is 0. The molecule has 0 spiro atoms. The SMILES string of the molecule is C=CCC1CCC(c2ccc(-c3cnc(-c4cc(F)c(C#N)c(F)c4)nc3)cc2)CC1. The minimum Gasteiger partial charge on any atom is -0.236 e. The van der Waals surface area contributed by atoms with Gasteiger partial charge in [-0.05, 0) is 67.2 Å². The van der Waals surface area contributed by atoms with Crippen LogP contribution in [0.5, 0.6) is 0 Å². The first-order valence-corrected chi connectivity index (χ1v) is 10.5. The number of aromatic nitrogens is 2. The number of hydrogen-bond acceptors (Lipinski definition) is 3. The van der Waals surface area contributed by atoms with Crippen molar-refractivity contribution in [2.24, 2.45) is 5.92 Å². The molecule has 1 saturated carbocycles. The highest BCUT2D eigenvalue weighted by Crippen LogP contribution is 2.37. The van der Waals surface area contributed by atoms with E-state index < -0.39 is 17.2 Å². The van der Waals surface area contributed by atoms with E-state index in [-0.39, 0.29) is 11.4 Å². The summed E-state index contributed by atoms with van der Waals surface area (Å²) in [7, 11) is 0. The Morgan fingerprint density at radius 2 is 1.55 bits per heavy atom. The molecule has 31 heavy (non-hydrogen) atoms. The van der Waals surface area contributed by atoms with Gasteiger partial charge in [0.15, 0.2) is 5.82 Å². The average Bonchev–Trinajstić information content (AvgIpc) is 2.80. The van der Waals surface area contributed by atoms with Crippen molar-refractivity contribution in [1.29, 1.82) is 5.26 Å². The van der Waals surface area contributed by atoms with Crippen molar-refractivity contribution in [3.8, 4) is 28.6 Å². The number of halogens is 2. The molecule has 1 aliphatic carbocycles. The molecule has 1 aromatic heterocycles. The van der Waals surface area contributed by atoms with E-state index in [0.717, 1.165) is 35.6 Å². The number of benzene rings is 2. The number of nitrogens with zero attached hydrogens (tertiary/aromatic N) is 3. The van der Waals surface area contributed by atoms with Crippen LogP contribution < -0.4 is 0 Å². The van der Waals surface area contributed by atoms with E-state index in [4.69, 9.17) is 5.26 Å². The van der Waals surface area contributed by atoms with Crippen LogP contribution in [0.2, 0.25) is 0 Å². The van der Waals surface area contributed by atoms with Gasteiger partial charge >= 0.3 is 0 Å². The first-order chi connectivity index (χ1) is 15.1. The lowest BCUT2D eigenvalue weighted by molar-refractivity contribution is 0.328. The van der Waals surface area contributed by atoms with E-state index in [1.165, 1.54) is 37.3 Å². The summed E-state index contributed by atoms with van der Waals surface area (Å²) in [6, 6.07) is 12.2. The number of hydrogen-bond donors (Lipinski definition) is 0. The minimum absolute atomic E-state index is 0.197. The van der Waals surface area contributed by atoms with Crippen LogP contribution in [0, 0.1) is 28.9 Å². The normalized spacial score (nSPS) is 18.4. The number of allylic oxidation sites excluding steroid dienone is 1. The van der Waals surface area contributed by atoms with Gasteiger partial charge in [0, 0.05) is 23.5 Å². The molecule has 3 nitrogen and oxygen atoms in total. The van der Waals surface area contributed by atoms with Crippen LogP contribution in [0.25, 0.3) is 22.5 Å². The first kappa shape index (κ1) is 20.9. The predicted octanol–water partition coefficient (Wildman–Crippen LogP) is 6.81. The lowest BCUT2D eigenvalue weighted by atomic mass is 9.77. The summed E-state index contributed by atoms with van der Waals surface area (Å²) in [5.74, 6) is -0.241. The van der Waals surface area contributed by atoms with Crippen LogP contribution in [0.3, 0.4) is 0 Å². The fraction of sp³-hybridized carbons (Fsp3) is 0.269. The van der Waals surface area contributed by atoms with Crippen molar-refractivity contribution in [3.63, 3.8) is 0 Å². The van der Waals surface area contributed by atoms with Gasteiger partial charge in [0.25, 0.3) is 0 Å². The monoisotopic (exact) mass is 415 g/mol. The molecule has 1 fully saturated rings. The molecule has 0 unspecified atom stereocenters. The highest BCUT2D eigenvalue weighted by molar-refractivity contribution is 5.64. The highest BCUT2D eigenvalue weighted by atomic mass is 19.1. The molecule has 0 bridgehead atoms. The van der Waals surface area contributed by atoms with E-state index >= 15 is 0 Å². The lowest BCUT2D eigenvalue weighted by Gasteiger charge is -2.28. The van der Waals surface area contributed by atoms with E-state index in [9.17, 15) is 8.78 Å². The Morgan fingerprint density at radius 1 is 0.935 bits per heavy atom. The number of rotatable bonds is 5. The van der Waals surface area contributed by atoms with Crippen molar-refractivity contribution < 1.29 is 8.78 Å². The van der Waals surface area contributed by atoms with Crippen molar-refractivity contribution in [2.45, 2.75) is 38.0 Å². The second-order valence-electron chi connectivity index (χ2n) is 8.09. The van der Waals surface area contributed by atoms with Gasteiger partial charge in [-0.1, -0.05) is 30.3 Å². The summed E-state index contributed by atoms with van der Waals surface area (Å²) in [5, 5.41) is 8.79. The van der Waals surface area contributed by atoms with Crippen molar-refractivity contribution in [1.82, 2.24) is 9.97 Å². The third kappa shape index (κ3) is 4.54. The van der Waals surface area contributed by atoms with Crippen LogP contribution in [0.1, 0.15) is 49.1 Å². The molecule has 1 aliphatic rings. The zero-order valence-electron chi connectivity index (χ0n) is 17.2. The Hall–Kier alpha value is -3.39. The molecule has 0 saturated heterocycles. The Balaban J connectivity index is 1.47. The summed E-state index contributed by atoms with van der Waals surface area (Å²) in [5.41, 5.74) is 2.78. The number of nitriles is 1. The maximum absolute atomic E-state index is 13.9. The highest BCUT2D eigenvalue weighted by Gasteiger charge is 2.21. The van der Waals surface area contributed by atoms with Crippen LogP contribution in [0.4, 0.5) is 8.78 Å². The second kappa shape index (κ2) is 9.18. The molecule has 0 radical (unpaired) electrons. The quantitative estimate of drug-likeness (QED) is 0.430. The van der Waals surface area contributed by atoms with Gasteiger partial charge in [-0.15, -0.1) is 6.58 Å². The standard InChI is InChI=1S/C26H23F2N3/c1-2-3-17-4-6-18(7-5-17)19-8-10-20(11-9-19)22-15-30-26(31-16-22)21-12-24(27)23(14-29)25(28)13-21/h2,8-13,15-18H,1,3-7H2. The molecule has 0 atom stereocenters. The van der Waals surface area contributed by atoms with Crippen molar-refractivity contribution in [3.05, 3.63) is 84.2 Å². The largest absolute Gasteiger partial charge is 0.236 e. The molecule has 4 rings (SSSR count). The molecule has 0 amide bonds. The lowest BCUT2D eigenvalue weighted by Crippen LogP contribution is -2.12. The Labute approximate surface area is 181 Å². The molecule has 0 N–H and O–H groups in total. The van der Waals surface area contributed by atoms with Gasteiger partial charge in [0.2, 0.25) is 0 Å². The van der Waals surface area contributed by atoms with Crippen molar-refractivity contribution in [2.75, 3.05) is 0 Å². The summed E-state index contributed by atoms with van der Waals surface area (Å²) in [6.45, 7) is 3.85. The summed E-state index contributed by atoms with van der Waals surface area (Å²) < 4.78 is 27.7. The molecular weight excluding hydrogens is 392 g/mol. The van der Waals surface area contributed by atoms with Gasteiger partial charge in [0.1, 0.15) is 23.3 Å². The fourth-order valence-electron chi connectivity index (χ4n) is 4.35. The molecule has 1 heterocycles. The summed E-state index contributed by atoms with van der Waals surface area (Å²) in [4.78, 5) is 8.53. The van der Waals surface area contributed by atoms with Crippen LogP contribution in [-0.4, -0.2) is 9.97 Å². The molecule has 0 aliphatic heterocycles. The average molecular weight is 415 g/mol. The molecule has 156 valence electrons. The molecule has 5 heteroatoms. The van der Waals surface area contributed by atoms with Crippen LogP contribution in [-0.2, 0) is 0 Å². The first-order valence-electron chi connectivity index (χ1n) is 10.5. The van der Waals surface area contributed by atoms with E-state index in [1.807, 2.05) is 6.08 Å². The second-order valence-corrected chi connectivity index (χ2v) is 8.09. The maximum Gasteiger partial charge on any atom is 0.159 e. The fourth-order valence-corrected chi connectivity index (χ4v) is 4.35. The smallest absolute Gasteiger partial charge is 0.159 e. The molecular formula is C26H23F2N3. The molecule has 3 aromatic rings. The topological polar surface area (TPSA) is 49.6 Å². The van der Waals surface area contributed by atoms with E-state index in [0.29, 0.717) is 5.92 Å². The Bertz CT molecular complexity index is 1080. The van der Waals surface area contributed by atoms with Crippen LogP contribution in [0.15, 0.2) is 61.4 Å². The third-order valence-electron chi connectivity index (χ3n) is 6.13. The van der Waals surface area contributed by atoms with E-state index in [2.05, 4.69) is 40.8 Å². The predicted molar refractivity (Wildman–Crippen MR) is 117 cm³/mol.